The maximum absolute atomic E-state index is 10.5. The van der Waals surface area contributed by atoms with Gasteiger partial charge in [-0.15, -0.1) is 0 Å². The molecule has 0 unspecified atom stereocenters. The number of carbonyl (C=O) groups is 1. The Kier molecular flexibility index (Phi) is 3.23. The predicted molar refractivity (Wildman–Crippen MR) is 56.4 cm³/mol. The van der Waals surface area contributed by atoms with Crippen LogP contribution in [0, 0.1) is 5.41 Å². The highest BCUT2D eigenvalue weighted by Gasteiger charge is 2.39. The summed E-state index contributed by atoms with van der Waals surface area (Å²) in [6, 6.07) is 0. The van der Waals surface area contributed by atoms with Crippen molar-refractivity contribution in [1.82, 2.24) is 9.80 Å². The third kappa shape index (κ3) is 2.30. The van der Waals surface area contributed by atoms with Crippen molar-refractivity contribution in [3.05, 3.63) is 0 Å². The maximum atomic E-state index is 10.5. The first-order valence-electron chi connectivity index (χ1n) is 5.47. The SMILES string of the molecule is NCC1(CN2CCN(C=O)CC2)COC1. The van der Waals surface area contributed by atoms with Crippen LogP contribution in [-0.4, -0.2) is 68.7 Å². The van der Waals surface area contributed by atoms with Gasteiger partial charge < -0.3 is 15.4 Å². The van der Waals surface area contributed by atoms with Crippen LogP contribution in [0.5, 0.6) is 0 Å². The third-order valence-electron chi connectivity index (χ3n) is 3.36. The molecule has 0 bridgehead atoms. The van der Waals surface area contributed by atoms with Crippen LogP contribution in [0.4, 0.5) is 0 Å². The summed E-state index contributed by atoms with van der Waals surface area (Å²) in [4.78, 5) is 14.7. The number of rotatable bonds is 4. The molecule has 1 amide bonds. The second-order valence-corrected chi connectivity index (χ2v) is 4.61. The lowest BCUT2D eigenvalue weighted by Gasteiger charge is -2.45. The third-order valence-corrected chi connectivity index (χ3v) is 3.36. The average molecular weight is 213 g/mol. The van der Waals surface area contributed by atoms with Gasteiger partial charge in [0, 0.05) is 44.7 Å². The van der Waals surface area contributed by atoms with Gasteiger partial charge >= 0.3 is 0 Å². The molecule has 0 atom stereocenters. The van der Waals surface area contributed by atoms with E-state index in [0.29, 0.717) is 6.54 Å². The van der Waals surface area contributed by atoms with E-state index in [2.05, 4.69) is 4.90 Å². The molecule has 0 saturated carbocycles. The Hall–Kier alpha value is -0.650. The highest BCUT2D eigenvalue weighted by Crippen LogP contribution is 2.27. The topological polar surface area (TPSA) is 58.8 Å². The van der Waals surface area contributed by atoms with Crippen LogP contribution in [-0.2, 0) is 9.53 Å². The zero-order chi connectivity index (χ0) is 10.7. The van der Waals surface area contributed by atoms with Gasteiger partial charge in [0.2, 0.25) is 6.41 Å². The zero-order valence-electron chi connectivity index (χ0n) is 9.02. The first-order chi connectivity index (χ1) is 7.28. The summed E-state index contributed by atoms with van der Waals surface area (Å²) in [5, 5.41) is 0. The van der Waals surface area contributed by atoms with Crippen LogP contribution >= 0.6 is 0 Å². The Morgan fingerprint density at radius 2 is 1.93 bits per heavy atom. The summed E-state index contributed by atoms with van der Waals surface area (Å²) in [7, 11) is 0. The second-order valence-electron chi connectivity index (χ2n) is 4.61. The fraction of sp³-hybridized carbons (Fsp3) is 0.900. The molecule has 2 saturated heterocycles. The minimum absolute atomic E-state index is 0.184. The zero-order valence-corrected chi connectivity index (χ0v) is 9.02. The van der Waals surface area contributed by atoms with Gasteiger partial charge in [-0.25, -0.2) is 0 Å². The van der Waals surface area contributed by atoms with Crippen molar-refractivity contribution in [2.24, 2.45) is 11.1 Å². The van der Waals surface area contributed by atoms with Gasteiger partial charge in [-0.2, -0.15) is 0 Å². The number of ether oxygens (including phenoxy) is 1. The van der Waals surface area contributed by atoms with Crippen molar-refractivity contribution in [2.45, 2.75) is 0 Å². The van der Waals surface area contributed by atoms with Crippen molar-refractivity contribution in [3.63, 3.8) is 0 Å². The molecule has 2 heterocycles. The number of hydrogen-bond donors (Lipinski definition) is 1. The van der Waals surface area contributed by atoms with Crippen LogP contribution < -0.4 is 5.73 Å². The first kappa shape index (κ1) is 10.9. The number of piperazine rings is 1. The van der Waals surface area contributed by atoms with E-state index in [0.717, 1.165) is 52.3 Å². The maximum Gasteiger partial charge on any atom is 0.209 e. The largest absolute Gasteiger partial charge is 0.380 e. The normalized spacial score (nSPS) is 26.1. The lowest BCUT2D eigenvalue weighted by molar-refractivity contribution is -0.128. The molecule has 0 spiro atoms. The molecule has 0 aromatic heterocycles. The van der Waals surface area contributed by atoms with Crippen molar-refractivity contribution in [3.8, 4) is 0 Å². The standard InChI is InChI=1S/C10H19N3O2/c11-5-10(7-15-8-10)6-12-1-3-13(9-14)4-2-12/h9H,1-8,11H2. The molecule has 2 aliphatic rings. The van der Waals surface area contributed by atoms with E-state index in [1.54, 1.807) is 0 Å². The molecular formula is C10H19N3O2. The average Bonchev–Trinajstić information content (AvgIpc) is 2.24. The van der Waals surface area contributed by atoms with Crippen LogP contribution in [0.2, 0.25) is 0 Å². The molecule has 15 heavy (non-hydrogen) atoms. The summed E-state index contributed by atoms with van der Waals surface area (Å²) >= 11 is 0. The van der Waals surface area contributed by atoms with Gasteiger partial charge in [-0.05, 0) is 0 Å². The highest BCUT2D eigenvalue weighted by molar-refractivity contribution is 5.47. The van der Waals surface area contributed by atoms with Crippen molar-refractivity contribution < 1.29 is 9.53 Å². The van der Waals surface area contributed by atoms with Crippen LogP contribution in [0.15, 0.2) is 0 Å². The van der Waals surface area contributed by atoms with Crippen molar-refractivity contribution in [2.75, 3.05) is 52.5 Å². The number of hydrogen-bond acceptors (Lipinski definition) is 4. The molecule has 0 aromatic carbocycles. The Bertz CT molecular complexity index is 217. The fourth-order valence-corrected chi connectivity index (χ4v) is 2.17. The number of carbonyl (C=O) groups excluding carboxylic acids is 1. The second kappa shape index (κ2) is 4.47. The molecular weight excluding hydrogens is 194 g/mol. The number of nitrogens with zero attached hydrogens (tertiary/aromatic N) is 2. The summed E-state index contributed by atoms with van der Waals surface area (Å²) < 4.78 is 5.24. The smallest absolute Gasteiger partial charge is 0.209 e. The van der Waals surface area contributed by atoms with E-state index < -0.39 is 0 Å². The van der Waals surface area contributed by atoms with Gasteiger partial charge in [-0.3, -0.25) is 9.69 Å². The van der Waals surface area contributed by atoms with Gasteiger partial charge in [0.05, 0.1) is 13.2 Å². The molecule has 86 valence electrons. The summed E-state index contributed by atoms with van der Waals surface area (Å²) in [5.74, 6) is 0. The quantitative estimate of drug-likeness (QED) is 0.592. The van der Waals surface area contributed by atoms with Gasteiger partial charge in [0.25, 0.3) is 0 Å². The predicted octanol–water partition coefficient (Wildman–Crippen LogP) is -1.26. The Morgan fingerprint density at radius 3 is 2.33 bits per heavy atom. The van der Waals surface area contributed by atoms with E-state index in [1.807, 2.05) is 4.90 Å². The molecule has 5 heteroatoms. The molecule has 0 radical (unpaired) electrons. The summed E-state index contributed by atoms with van der Waals surface area (Å²) in [6.45, 7) is 6.88. The molecule has 2 fully saturated rings. The van der Waals surface area contributed by atoms with E-state index in [9.17, 15) is 4.79 Å². The molecule has 2 aliphatic heterocycles. The highest BCUT2D eigenvalue weighted by atomic mass is 16.5. The van der Waals surface area contributed by atoms with Gasteiger partial charge in [0.15, 0.2) is 0 Å². The number of nitrogens with two attached hydrogens (primary N) is 1. The van der Waals surface area contributed by atoms with Crippen molar-refractivity contribution in [1.29, 1.82) is 0 Å². The molecule has 0 aromatic rings. The van der Waals surface area contributed by atoms with Crippen molar-refractivity contribution >= 4 is 6.41 Å². The van der Waals surface area contributed by atoms with Gasteiger partial charge in [0.1, 0.15) is 0 Å². The molecule has 2 N–H and O–H groups in total. The lowest BCUT2D eigenvalue weighted by Crippen LogP contribution is -2.58. The van der Waals surface area contributed by atoms with E-state index >= 15 is 0 Å². The van der Waals surface area contributed by atoms with Crippen LogP contribution in [0.1, 0.15) is 0 Å². The van der Waals surface area contributed by atoms with E-state index in [1.165, 1.54) is 0 Å². The summed E-state index contributed by atoms with van der Waals surface area (Å²) in [5.41, 5.74) is 5.95. The lowest BCUT2D eigenvalue weighted by atomic mass is 9.85. The number of amides is 1. The molecule has 5 nitrogen and oxygen atoms in total. The van der Waals surface area contributed by atoms with Crippen LogP contribution in [0.25, 0.3) is 0 Å². The van der Waals surface area contributed by atoms with E-state index in [4.69, 9.17) is 10.5 Å². The fourth-order valence-electron chi connectivity index (χ4n) is 2.17. The van der Waals surface area contributed by atoms with Crippen LogP contribution in [0.3, 0.4) is 0 Å². The summed E-state index contributed by atoms with van der Waals surface area (Å²) in [6.07, 6.45) is 0.933. The first-order valence-corrected chi connectivity index (χ1v) is 5.47. The van der Waals surface area contributed by atoms with E-state index in [-0.39, 0.29) is 5.41 Å². The minimum atomic E-state index is 0.184. The monoisotopic (exact) mass is 213 g/mol. The Labute approximate surface area is 90.1 Å². The van der Waals surface area contributed by atoms with Gasteiger partial charge in [-0.1, -0.05) is 0 Å². The Morgan fingerprint density at radius 1 is 1.27 bits per heavy atom. The minimum Gasteiger partial charge on any atom is -0.380 e. The Balaban J connectivity index is 1.78. The molecule has 0 aliphatic carbocycles. The molecule has 2 rings (SSSR count).